The molecule has 0 unspecified atom stereocenters. The van der Waals surface area contributed by atoms with E-state index in [9.17, 15) is 26.3 Å². The molecule has 8 nitrogen and oxygen atoms in total. The maximum Gasteiger partial charge on any atom is 0.490 e. The van der Waals surface area contributed by atoms with Gasteiger partial charge >= 0.3 is 18.3 Å². The molecule has 42 heavy (non-hydrogen) atoms. The van der Waals surface area contributed by atoms with Crippen molar-refractivity contribution in [3.05, 3.63) is 89.3 Å². The van der Waals surface area contributed by atoms with Gasteiger partial charge in [-0.1, -0.05) is 36.4 Å². The van der Waals surface area contributed by atoms with Crippen molar-refractivity contribution in [2.24, 2.45) is 0 Å². The Balaban J connectivity index is 0.000000522. The van der Waals surface area contributed by atoms with Crippen molar-refractivity contribution in [2.75, 3.05) is 19.0 Å². The van der Waals surface area contributed by atoms with Gasteiger partial charge in [0.15, 0.2) is 17.9 Å². The number of anilines is 1. The third-order valence-electron chi connectivity index (χ3n) is 5.33. The monoisotopic (exact) mass is 600 g/mol. The van der Waals surface area contributed by atoms with Crippen LogP contribution >= 0.6 is 0 Å². The van der Waals surface area contributed by atoms with Crippen LogP contribution in [0.5, 0.6) is 0 Å². The number of allylic oxidation sites excluding steroid dienone is 2. The number of rotatable bonds is 7. The van der Waals surface area contributed by atoms with Crippen LogP contribution in [0.1, 0.15) is 28.2 Å². The Bertz CT molecular complexity index is 1300. The normalized spacial score (nSPS) is 11.5. The molecule has 0 amide bonds. The van der Waals surface area contributed by atoms with Crippen LogP contribution in [-0.4, -0.2) is 53.5 Å². The molecule has 228 valence electrons. The number of carboxylic acid groups (broad SMARTS) is 2. The van der Waals surface area contributed by atoms with Crippen molar-refractivity contribution in [2.45, 2.75) is 39.2 Å². The molecule has 0 atom stereocenters. The highest BCUT2D eigenvalue weighted by atomic mass is 19.4. The van der Waals surface area contributed by atoms with Gasteiger partial charge in [-0.15, -0.1) is 0 Å². The lowest BCUT2D eigenvalue weighted by Crippen LogP contribution is -2.41. The summed E-state index contributed by atoms with van der Waals surface area (Å²) in [4.78, 5) is 27.0. The molecule has 0 radical (unpaired) electrons. The highest BCUT2D eigenvalue weighted by Crippen LogP contribution is 2.14. The Morgan fingerprint density at radius 3 is 1.81 bits per heavy atom. The lowest BCUT2D eigenvalue weighted by atomic mass is 10.1. The van der Waals surface area contributed by atoms with E-state index in [0.717, 1.165) is 13.0 Å². The lowest BCUT2D eigenvalue weighted by molar-refractivity contribution is -0.708. The smallest absolute Gasteiger partial charge is 0.490 e. The molecule has 0 aliphatic carbocycles. The number of hydrogen-bond acceptors (Lipinski definition) is 5. The van der Waals surface area contributed by atoms with E-state index < -0.39 is 24.3 Å². The number of nitrogens with zero attached hydrogens (tertiary/aromatic N) is 3. The van der Waals surface area contributed by atoms with Crippen LogP contribution in [-0.2, 0) is 22.6 Å². The van der Waals surface area contributed by atoms with Gasteiger partial charge in [0, 0.05) is 64.1 Å². The molecule has 2 aromatic heterocycles. The fraction of sp³-hybridized carbons (Fsp3) is 0.286. The molecule has 0 aliphatic heterocycles. The summed E-state index contributed by atoms with van der Waals surface area (Å²) in [6.45, 7) is 5.28. The second-order valence-corrected chi connectivity index (χ2v) is 8.84. The summed E-state index contributed by atoms with van der Waals surface area (Å²) in [7, 11) is 4.11. The summed E-state index contributed by atoms with van der Waals surface area (Å²) >= 11 is 0. The fourth-order valence-electron chi connectivity index (χ4n) is 3.28. The van der Waals surface area contributed by atoms with E-state index >= 15 is 0 Å². The van der Waals surface area contributed by atoms with E-state index in [1.807, 2.05) is 6.20 Å². The third-order valence-corrected chi connectivity index (χ3v) is 5.33. The zero-order valence-electron chi connectivity index (χ0n) is 23.1. The summed E-state index contributed by atoms with van der Waals surface area (Å²) in [6, 6.07) is 13.0. The zero-order chi connectivity index (χ0) is 32.1. The van der Waals surface area contributed by atoms with Gasteiger partial charge in [0.25, 0.3) is 0 Å². The van der Waals surface area contributed by atoms with Crippen molar-refractivity contribution in [1.82, 2.24) is 9.97 Å². The Labute approximate surface area is 238 Å². The minimum Gasteiger partial charge on any atom is -0.542 e. The van der Waals surface area contributed by atoms with Crippen LogP contribution < -0.4 is 14.6 Å². The number of benzene rings is 1. The SMILES string of the molecule is Cc1cc(/C=C/C=C/c2ccc(N(C)C)cc2)cc(C)[n+]1CCc1cnc[nH]1.O=C(O)C(F)(F)F.O=C([O-])C(F)(F)F. The average Bonchev–Trinajstić information content (AvgIpc) is 3.40. The van der Waals surface area contributed by atoms with Crippen LogP contribution in [0.3, 0.4) is 0 Å². The van der Waals surface area contributed by atoms with E-state index in [1.54, 1.807) is 6.33 Å². The molecular weight excluding hydrogens is 570 g/mol. The zero-order valence-corrected chi connectivity index (χ0v) is 23.1. The number of carboxylic acids is 2. The summed E-state index contributed by atoms with van der Waals surface area (Å²) in [6.07, 6.45) is 2.78. The average molecular weight is 601 g/mol. The molecule has 0 aliphatic rings. The van der Waals surface area contributed by atoms with Crippen LogP contribution in [0.25, 0.3) is 12.2 Å². The molecule has 0 saturated carbocycles. The molecule has 0 spiro atoms. The predicted molar refractivity (Wildman–Crippen MR) is 142 cm³/mol. The number of carbonyl (C=O) groups excluding carboxylic acids is 1. The molecule has 0 fully saturated rings. The number of halogens is 6. The number of imidazole rings is 1. The summed E-state index contributed by atoms with van der Waals surface area (Å²) in [5, 5.41) is 15.9. The highest BCUT2D eigenvalue weighted by Gasteiger charge is 2.38. The molecular formula is C28H30F6N4O4. The van der Waals surface area contributed by atoms with Crippen molar-refractivity contribution in [3.8, 4) is 0 Å². The van der Waals surface area contributed by atoms with Gasteiger partial charge in [0.2, 0.25) is 0 Å². The van der Waals surface area contributed by atoms with Gasteiger partial charge in [-0.3, -0.25) is 0 Å². The number of aliphatic carboxylic acids is 2. The second-order valence-electron chi connectivity index (χ2n) is 8.84. The molecule has 1 aromatic carbocycles. The number of carbonyl (C=O) groups is 2. The quantitative estimate of drug-likeness (QED) is 0.238. The Kier molecular flexibility index (Phi) is 13.5. The van der Waals surface area contributed by atoms with Gasteiger partial charge in [0.05, 0.1) is 6.33 Å². The maximum atomic E-state index is 10.6. The number of hydrogen-bond donors (Lipinski definition) is 2. The second kappa shape index (κ2) is 16.0. The van der Waals surface area contributed by atoms with E-state index in [1.165, 1.54) is 33.9 Å². The molecule has 0 bridgehead atoms. The van der Waals surface area contributed by atoms with Crippen molar-refractivity contribution in [1.29, 1.82) is 0 Å². The van der Waals surface area contributed by atoms with Gasteiger partial charge in [-0.25, -0.2) is 9.78 Å². The number of pyridine rings is 1. The lowest BCUT2D eigenvalue weighted by Gasteiger charge is -2.11. The number of alkyl halides is 6. The van der Waals surface area contributed by atoms with Crippen LogP contribution in [0, 0.1) is 13.8 Å². The maximum absolute atomic E-state index is 10.6. The number of aromatic nitrogens is 3. The van der Waals surface area contributed by atoms with Gasteiger partial charge in [0.1, 0.15) is 5.97 Å². The Morgan fingerprint density at radius 1 is 0.952 bits per heavy atom. The third kappa shape index (κ3) is 13.2. The number of nitrogens with one attached hydrogen (secondary N) is 1. The number of aryl methyl sites for hydroxylation is 3. The minimum absolute atomic E-state index is 0.951. The van der Waals surface area contributed by atoms with Gasteiger partial charge < -0.3 is 24.9 Å². The number of H-pyrrole nitrogens is 1. The van der Waals surface area contributed by atoms with Crippen LogP contribution in [0.4, 0.5) is 32.0 Å². The number of aromatic amines is 1. The first kappa shape index (κ1) is 35.4. The minimum atomic E-state index is -5.19. The van der Waals surface area contributed by atoms with Crippen molar-refractivity contribution < 1.29 is 50.7 Å². The molecule has 2 heterocycles. The van der Waals surface area contributed by atoms with Gasteiger partial charge in [-0.2, -0.15) is 30.9 Å². The highest BCUT2D eigenvalue weighted by molar-refractivity contribution is 5.73. The molecule has 0 saturated heterocycles. The van der Waals surface area contributed by atoms with E-state index in [2.05, 4.69) is 108 Å². The topological polar surface area (TPSA) is 113 Å². The first-order valence-corrected chi connectivity index (χ1v) is 12.1. The van der Waals surface area contributed by atoms with Crippen molar-refractivity contribution >= 4 is 29.8 Å². The first-order valence-electron chi connectivity index (χ1n) is 12.1. The molecule has 3 aromatic rings. The summed E-state index contributed by atoms with van der Waals surface area (Å²) in [5.74, 6) is -5.76. The van der Waals surface area contributed by atoms with Crippen LogP contribution in [0.15, 0.2) is 61.1 Å². The standard InChI is InChI=1S/C24H29N4.2C2HF3O2/c1-19-15-22(16-20(2)28(19)14-13-23-17-25-18-26-23)8-6-5-7-21-9-11-24(12-10-21)27(3)4;2*3-2(4,5)1(6)7/h5-12,15-18H,13-14H2,1-4H3,(H,25,26);2*(H,6,7)/q+1;;/p-1. The summed E-state index contributed by atoms with van der Waals surface area (Å²) < 4.78 is 65.6. The van der Waals surface area contributed by atoms with Gasteiger partial charge in [-0.05, 0) is 23.3 Å². The van der Waals surface area contributed by atoms with Crippen molar-refractivity contribution in [3.63, 3.8) is 0 Å². The summed E-state index contributed by atoms with van der Waals surface area (Å²) in [5.41, 5.74) is 7.33. The fourth-order valence-corrected chi connectivity index (χ4v) is 3.28. The van der Waals surface area contributed by atoms with E-state index in [-0.39, 0.29) is 0 Å². The Morgan fingerprint density at radius 2 is 1.43 bits per heavy atom. The molecule has 14 heteroatoms. The Hall–Kier alpha value is -4.62. The molecule has 2 N–H and O–H groups in total. The van der Waals surface area contributed by atoms with E-state index in [0.29, 0.717) is 0 Å². The predicted octanol–water partition coefficient (Wildman–Crippen LogP) is 4.28. The largest absolute Gasteiger partial charge is 0.542 e. The van der Waals surface area contributed by atoms with E-state index in [4.69, 9.17) is 19.8 Å². The van der Waals surface area contributed by atoms with Crippen LogP contribution in [0.2, 0.25) is 0 Å². The first-order chi connectivity index (χ1) is 19.4. The molecule has 3 rings (SSSR count).